The SMILES string of the molecule is CS(=O)(=O)Nc1cc(C(=O)NCc2ccccc2COCc2ccccc2)ccc1Cl. The second-order valence-corrected chi connectivity index (χ2v) is 9.15. The van der Waals surface area contributed by atoms with Crippen molar-refractivity contribution < 1.29 is 17.9 Å². The molecule has 3 aromatic carbocycles. The zero-order chi connectivity index (χ0) is 22.3. The fraction of sp³-hybridized carbons (Fsp3) is 0.174. The van der Waals surface area contributed by atoms with Gasteiger partial charge in [0.25, 0.3) is 5.91 Å². The molecule has 2 N–H and O–H groups in total. The molecule has 31 heavy (non-hydrogen) atoms. The third-order valence-corrected chi connectivity index (χ3v) is 5.37. The van der Waals surface area contributed by atoms with Gasteiger partial charge in [0.05, 0.1) is 30.2 Å². The molecule has 162 valence electrons. The zero-order valence-electron chi connectivity index (χ0n) is 17.0. The van der Waals surface area contributed by atoms with Crippen molar-refractivity contribution in [2.45, 2.75) is 19.8 Å². The lowest BCUT2D eigenvalue weighted by molar-refractivity contribution is 0.0947. The normalized spacial score (nSPS) is 11.2. The molecule has 0 atom stereocenters. The van der Waals surface area contributed by atoms with Gasteiger partial charge in [0.15, 0.2) is 0 Å². The average Bonchev–Trinajstić information content (AvgIpc) is 2.74. The molecule has 1 amide bonds. The van der Waals surface area contributed by atoms with Crippen LogP contribution in [0.3, 0.4) is 0 Å². The number of nitrogens with one attached hydrogen (secondary N) is 2. The van der Waals surface area contributed by atoms with E-state index in [0.29, 0.717) is 25.3 Å². The first-order valence-electron chi connectivity index (χ1n) is 9.56. The number of amides is 1. The predicted molar refractivity (Wildman–Crippen MR) is 122 cm³/mol. The van der Waals surface area contributed by atoms with E-state index in [-0.39, 0.29) is 16.6 Å². The van der Waals surface area contributed by atoms with Gasteiger partial charge >= 0.3 is 0 Å². The van der Waals surface area contributed by atoms with Crippen LogP contribution in [0.4, 0.5) is 5.69 Å². The van der Waals surface area contributed by atoms with Crippen LogP contribution in [-0.2, 0) is 34.5 Å². The number of carbonyl (C=O) groups is 1. The molecule has 0 saturated heterocycles. The number of halogens is 1. The molecule has 0 unspecified atom stereocenters. The van der Waals surface area contributed by atoms with E-state index in [1.165, 1.54) is 12.1 Å². The van der Waals surface area contributed by atoms with Crippen molar-refractivity contribution >= 4 is 33.2 Å². The molecule has 8 heteroatoms. The van der Waals surface area contributed by atoms with E-state index in [1.54, 1.807) is 6.07 Å². The Hall–Kier alpha value is -2.87. The number of carbonyl (C=O) groups excluding carboxylic acids is 1. The van der Waals surface area contributed by atoms with Gasteiger partial charge in [0.2, 0.25) is 10.0 Å². The van der Waals surface area contributed by atoms with Gasteiger partial charge in [-0.1, -0.05) is 66.2 Å². The molecule has 0 aromatic heterocycles. The number of hydrogen-bond acceptors (Lipinski definition) is 4. The number of rotatable bonds is 9. The Kier molecular flexibility index (Phi) is 7.68. The maximum absolute atomic E-state index is 12.6. The Morgan fingerprint density at radius 1 is 0.935 bits per heavy atom. The Bertz CT molecular complexity index is 1150. The molecule has 3 rings (SSSR count). The van der Waals surface area contributed by atoms with E-state index in [1.807, 2.05) is 54.6 Å². The molecule has 0 aliphatic rings. The van der Waals surface area contributed by atoms with Crippen LogP contribution in [0.25, 0.3) is 0 Å². The summed E-state index contributed by atoms with van der Waals surface area (Å²) in [4.78, 5) is 12.6. The van der Waals surface area contributed by atoms with Crippen LogP contribution in [0.5, 0.6) is 0 Å². The molecule has 0 fully saturated rings. The molecule has 3 aromatic rings. The Labute approximate surface area is 187 Å². The van der Waals surface area contributed by atoms with E-state index in [2.05, 4.69) is 10.0 Å². The number of benzene rings is 3. The highest BCUT2D eigenvalue weighted by Crippen LogP contribution is 2.24. The summed E-state index contributed by atoms with van der Waals surface area (Å²) in [6, 6.07) is 22.1. The van der Waals surface area contributed by atoms with Crippen molar-refractivity contribution in [1.82, 2.24) is 5.32 Å². The minimum Gasteiger partial charge on any atom is -0.372 e. The molecule has 0 bridgehead atoms. The summed E-state index contributed by atoms with van der Waals surface area (Å²) in [5, 5.41) is 3.07. The standard InChI is InChI=1S/C23H23ClN2O4S/c1-31(28,29)26-22-13-18(11-12-21(22)24)23(27)25-14-19-9-5-6-10-20(19)16-30-15-17-7-3-2-4-8-17/h2-13,26H,14-16H2,1H3,(H,25,27). The Morgan fingerprint density at radius 3 is 2.32 bits per heavy atom. The van der Waals surface area contributed by atoms with Crippen molar-refractivity contribution in [3.8, 4) is 0 Å². The van der Waals surface area contributed by atoms with Crippen LogP contribution < -0.4 is 10.0 Å². The lowest BCUT2D eigenvalue weighted by atomic mass is 10.1. The molecule has 0 heterocycles. The lowest BCUT2D eigenvalue weighted by Crippen LogP contribution is -2.23. The van der Waals surface area contributed by atoms with Gasteiger partial charge in [-0.25, -0.2) is 8.42 Å². The van der Waals surface area contributed by atoms with E-state index in [4.69, 9.17) is 16.3 Å². The first-order valence-corrected chi connectivity index (χ1v) is 11.8. The summed E-state index contributed by atoms with van der Waals surface area (Å²) in [7, 11) is -3.51. The highest BCUT2D eigenvalue weighted by atomic mass is 35.5. The minimum atomic E-state index is -3.51. The molecule has 0 radical (unpaired) electrons. The van der Waals surface area contributed by atoms with Gasteiger partial charge in [-0.05, 0) is 34.9 Å². The molecular weight excluding hydrogens is 436 g/mol. The molecule has 0 saturated carbocycles. The van der Waals surface area contributed by atoms with Gasteiger partial charge in [-0.2, -0.15) is 0 Å². The molecular formula is C23H23ClN2O4S. The summed E-state index contributed by atoms with van der Waals surface area (Å²) >= 11 is 6.02. The van der Waals surface area contributed by atoms with E-state index in [0.717, 1.165) is 22.9 Å². The third kappa shape index (κ3) is 7.10. The van der Waals surface area contributed by atoms with Crippen LogP contribution in [0.15, 0.2) is 72.8 Å². The monoisotopic (exact) mass is 458 g/mol. The smallest absolute Gasteiger partial charge is 0.251 e. The molecule has 0 aliphatic heterocycles. The second kappa shape index (κ2) is 10.4. The van der Waals surface area contributed by atoms with Crippen molar-refractivity contribution in [1.29, 1.82) is 0 Å². The number of sulfonamides is 1. The fourth-order valence-corrected chi connectivity index (χ4v) is 3.74. The van der Waals surface area contributed by atoms with E-state index < -0.39 is 10.0 Å². The van der Waals surface area contributed by atoms with E-state index >= 15 is 0 Å². The molecule has 0 spiro atoms. The Balaban J connectivity index is 1.62. The maximum atomic E-state index is 12.6. The number of hydrogen-bond donors (Lipinski definition) is 2. The number of anilines is 1. The largest absolute Gasteiger partial charge is 0.372 e. The highest BCUT2D eigenvalue weighted by Gasteiger charge is 2.12. The second-order valence-electron chi connectivity index (χ2n) is 7.00. The summed E-state index contributed by atoms with van der Waals surface area (Å²) in [6.45, 7) is 1.23. The predicted octanol–water partition coefficient (Wildman–Crippen LogP) is 4.36. The molecule has 6 nitrogen and oxygen atoms in total. The average molecular weight is 459 g/mol. The van der Waals surface area contributed by atoms with Crippen molar-refractivity contribution in [3.05, 3.63) is 100 Å². The first-order chi connectivity index (χ1) is 14.8. The Morgan fingerprint density at radius 2 is 1.61 bits per heavy atom. The molecule has 0 aliphatic carbocycles. The van der Waals surface area contributed by atoms with Gasteiger partial charge in [0.1, 0.15) is 0 Å². The topological polar surface area (TPSA) is 84.5 Å². The summed E-state index contributed by atoms with van der Waals surface area (Å²) in [5.41, 5.74) is 3.47. The van der Waals surface area contributed by atoms with Crippen LogP contribution >= 0.6 is 11.6 Å². The van der Waals surface area contributed by atoms with Gasteiger partial charge in [0, 0.05) is 12.1 Å². The number of ether oxygens (including phenoxy) is 1. The lowest BCUT2D eigenvalue weighted by Gasteiger charge is -2.12. The van der Waals surface area contributed by atoms with Gasteiger partial charge in [-0.15, -0.1) is 0 Å². The summed E-state index contributed by atoms with van der Waals surface area (Å²) in [6.07, 6.45) is 1.02. The zero-order valence-corrected chi connectivity index (χ0v) is 18.5. The fourth-order valence-electron chi connectivity index (χ4n) is 2.95. The van der Waals surface area contributed by atoms with Crippen molar-refractivity contribution in [3.63, 3.8) is 0 Å². The van der Waals surface area contributed by atoms with Gasteiger partial charge < -0.3 is 10.1 Å². The van der Waals surface area contributed by atoms with Crippen LogP contribution in [-0.4, -0.2) is 20.6 Å². The van der Waals surface area contributed by atoms with Gasteiger partial charge in [-0.3, -0.25) is 9.52 Å². The van der Waals surface area contributed by atoms with Crippen molar-refractivity contribution in [2.24, 2.45) is 0 Å². The third-order valence-electron chi connectivity index (χ3n) is 4.45. The van der Waals surface area contributed by atoms with Crippen LogP contribution in [0.1, 0.15) is 27.0 Å². The van der Waals surface area contributed by atoms with Crippen LogP contribution in [0.2, 0.25) is 5.02 Å². The quantitative estimate of drug-likeness (QED) is 0.499. The van der Waals surface area contributed by atoms with E-state index in [9.17, 15) is 13.2 Å². The highest BCUT2D eigenvalue weighted by molar-refractivity contribution is 7.92. The first kappa shape index (κ1) is 22.8. The van der Waals surface area contributed by atoms with Crippen molar-refractivity contribution in [2.75, 3.05) is 11.0 Å². The maximum Gasteiger partial charge on any atom is 0.251 e. The summed E-state index contributed by atoms with van der Waals surface area (Å²) < 4.78 is 31.1. The summed E-state index contributed by atoms with van der Waals surface area (Å²) in [5.74, 6) is -0.340. The van der Waals surface area contributed by atoms with Crippen LogP contribution in [0, 0.1) is 0 Å². The minimum absolute atomic E-state index is 0.159.